The van der Waals surface area contributed by atoms with Crippen molar-refractivity contribution in [2.24, 2.45) is 5.92 Å². The number of H-pyrrole nitrogens is 1. The van der Waals surface area contributed by atoms with E-state index in [4.69, 9.17) is 0 Å². The molecule has 2 amide bonds. The zero-order valence-corrected chi connectivity index (χ0v) is 12.2. The second-order valence-electron chi connectivity index (χ2n) is 5.67. The molecule has 1 saturated heterocycles. The van der Waals surface area contributed by atoms with Crippen LogP contribution in [0, 0.1) is 5.92 Å². The summed E-state index contributed by atoms with van der Waals surface area (Å²) in [7, 11) is 0. The molecule has 1 aromatic carbocycles. The van der Waals surface area contributed by atoms with Gasteiger partial charge >= 0.3 is 6.03 Å². The summed E-state index contributed by atoms with van der Waals surface area (Å²) in [4.78, 5) is 14.1. The van der Waals surface area contributed by atoms with Crippen LogP contribution in [0.25, 0.3) is 11.3 Å². The van der Waals surface area contributed by atoms with Crippen LogP contribution in [0.2, 0.25) is 0 Å². The number of urea groups is 1. The number of piperidine rings is 1. The fourth-order valence-electron chi connectivity index (χ4n) is 2.73. The van der Waals surface area contributed by atoms with Crippen LogP contribution < -0.4 is 5.32 Å². The summed E-state index contributed by atoms with van der Waals surface area (Å²) in [5, 5.41) is 9.83. The van der Waals surface area contributed by atoms with Crippen LogP contribution in [0.3, 0.4) is 0 Å². The first kappa shape index (κ1) is 13.7. The minimum Gasteiger partial charge on any atom is -0.324 e. The molecule has 0 saturated carbocycles. The zero-order valence-electron chi connectivity index (χ0n) is 12.2. The van der Waals surface area contributed by atoms with E-state index in [1.807, 2.05) is 35.2 Å². The van der Waals surface area contributed by atoms with Crippen LogP contribution >= 0.6 is 0 Å². The zero-order chi connectivity index (χ0) is 14.7. The molecule has 2 N–H and O–H groups in total. The molecule has 5 heteroatoms. The Bertz CT molecular complexity index is 591. The first-order chi connectivity index (χ1) is 10.2. The van der Waals surface area contributed by atoms with Crippen molar-refractivity contribution in [2.75, 3.05) is 18.4 Å². The lowest BCUT2D eigenvalue weighted by Crippen LogP contribution is -2.41. The van der Waals surface area contributed by atoms with E-state index in [1.54, 1.807) is 6.20 Å². The maximum Gasteiger partial charge on any atom is 0.321 e. The molecule has 0 bridgehead atoms. The molecule has 5 nitrogen and oxygen atoms in total. The fourth-order valence-corrected chi connectivity index (χ4v) is 2.73. The van der Waals surface area contributed by atoms with Gasteiger partial charge in [-0.2, -0.15) is 5.10 Å². The molecule has 0 aliphatic carbocycles. The number of anilines is 1. The maximum absolute atomic E-state index is 12.2. The number of aromatic amines is 1. The summed E-state index contributed by atoms with van der Waals surface area (Å²) >= 11 is 0. The van der Waals surface area contributed by atoms with Crippen molar-refractivity contribution in [1.82, 2.24) is 15.1 Å². The predicted molar refractivity (Wildman–Crippen MR) is 83.0 cm³/mol. The van der Waals surface area contributed by atoms with E-state index in [2.05, 4.69) is 22.4 Å². The molecule has 1 aliphatic rings. The first-order valence-corrected chi connectivity index (χ1v) is 7.38. The molecule has 1 aromatic heterocycles. The van der Waals surface area contributed by atoms with Gasteiger partial charge in [0, 0.05) is 25.0 Å². The highest BCUT2D eigenvalue weighted by molar-refractivity contribution is 5.89. The van der Waals surface area contributed by atoms with Crippen LogP contribution in [-0.4, -0.2) is 34.2 Å². The Morgan fingerprint density at radius 2 is 2.14 bits per heavy atom. The van der Waals surface area contributed by atoms with Gasteiger partial charge in [-0.15, -0.1) is 0 Å². The maximum atomic E-state index is 12.2. The van der Waals surface area contributed by atoms with Gasteiger partial charge in [0.25, 0.3) is 0 Å². The van der Waals surface area contributed by atoms with E-state index in [-0.39, 0.29) is 6.03 Å². The first-order valence-electron chi connectivity index (χ1n) is 7.38. The lowest BCUT2D eigenvalue weighted by Gasteiger charge is -2.30. The van der Waals surface area contributed by atoms with Crippen molar-refractivity contribution in [1.29, 1.82) is 0 Å². The average Bonchev–Trinajstić information content (AvgIpc) is 3.02. The Labute approximate surface area is 124 Å². The van der Waals surface area contributed by atoms with Crippen molar-refractivity contribution in [2.45, 2.75) is 19.8 Å². The van der Waals surface area contributed by atoms with E-state index in [0.717, 1.165) is 36.5 Å². The fraction of sp³-hybridized carbons (Fsp3) is 0.375. The topological polar surface area (TPSA) is 61.0 Å². The summed E-state index contributed by atoms with van der Waals surface area (Å²) in [6.45, 7) is 3.89. The van der Waals surface area contributed by atoms with Gasteiger partial charge in [0.15, 0.2) is 0 Å². The number of carbonyl (C=O) groups is 1. The van der Waals surface area contributed by atoms with E-state index < -0.39 is 0 Å². The molecule has 1 aliphatic heterocycles. The number of hydrogen-bond donors (Lipinski definition) is 2. The molecule has 1 fully saturated rings. The van der Waals surface area contributed by atoms with Crippen molar-refractivity contribution < 1.29 is 4.79 Å². The number of amides is 2. The van der Waals surface area contributed by atoms with E-state index in [1.165, 1.54) is 6.42 Å². The van der Waals surface area contributed by atoms with Crippen LogP contribution in [-0.2, 0) is 0 Å². The van der Waals surface area contributed by atoms with Gasteiger partial charge < -0.3 is 10.2 Å². The van der Waals surface area contributed by atoms with Gasteiger partial charge in [-0.1, -0.05) is 19.1 Å². The number of nitrogens with zero attached hydrogens (tertiary/aromatic N) is 2. The molecule has 0 radical (unpaired) electrons. The Morgan fingerprint density at radius 1 is 1.33 bits per heavy atom. The van der Waals surface area contributed by atoms with Crippen LogP contribution in [0.1, 0.15) is 19.8 Å². The Morgan fingerprint density at radius 3 is 2.81 bits per heavy atom. The summed E-state index contributed by atoms with van der Waals surface area (Å²) < 4.78 is 0. The van der Waals surface area contributed by atoms with E-state index in [0.29, 0.717) is 5.92 Å². The number of hydrogen-bond acceptors (Lipinski definition) is 2. The summed E-state index contributed by atoms with van der Waals surface area (Å²) in [6, 6.07) is 9.70. The van der Waals surface area contributed by atoms with Crippen LogP contribution in [0.4, 0.5) is 10.5 Å². The van der Waals surface area contributed by atoms with Crippen LogP contribution in [0.5, 0.6) is 0 Å². The highest BCUT2D eigenvalue weighted by atomic mass is 16.2. The van der Waals surface area contributed by atoms with Crippen LogP contribution in [0.15, 0.2) is 36.5 Å². The molecule has 21 heavy (non-hydrogen) atoms. The molecular formula is C16H20N4O. The van der Waals surface area contributed by atoms with Crippen molar-refractivity contribution in [3.8, 4) is 11.3 Å². The molecule has 1 atom stereocenters. The SMILES string of the molecule is CC1CCCN(C(=O)Nc2ccc(-c3ccn[nH]3)cc2)C1. The second-order valence-corrected chi connectivity index (χ2v) is 5.67. The van der Waals surface area contributed by atoms with Gasteiger partial charge in [-0.25, -0.2) is 4.79 Å². The van der Waals surface area contributed by atoms with Gasteiger partial charge in [-0.3, -0.25) is 5.10 Å². The third-order valence-corrected chi connectivity index (χ3v) is 3.89. The minimum absolute atomic E-state index is 0.00385. The smallest absolute Gasteiger partial charge is 0.321 e. The second kappa shape index (κ2) is 5.99. The molecule has 0 spiro atoms. The minimum atomic E-state index is -0.00385. The quantitative estimate of drug-likeness (QED) is 0.888. The molecular weight excluding hydrogens is 264 g/mol. The van der Waals surface area contributed by atoms with E-state index in [9.17, 15) is 4.79 Å². The normalized spacial score (nSPS) is 18.5. The molecule has 2 heterocycles. The highest BCUT2D eigenvalue weighted by Crippen LogP contribution is 2.20. The third kappa shape index (κ3) is 3.24. The number of likely N-dealkylation sites (tertiary alicyclic amines) is 1. The average molecular weight is 284 g/mol. The van der Waals surface area contributed by atoms with E-state index >= 15 is 0 Å². The summed E-state index contributed by atoms with van der Waals surface area (Å²) in [5.41, 5.74) is 2.84. The Kier molecular flexibility index (Phi) is 3.90. The Hall–Kier alpha value is -2.30. The number of nitrogens with one attached hydrogen (secondary N) is 2. The lowest BCUT2D eigenvalue weighted by molar-refractivity contribution is 0.182. The Balaban J connectivity index is 1.63. The lowest BCUT2D eigenvalue weighted by atomic mass is 10.0. The molecule has 2 aromatic rings. The van der Waals surface area contributed by atoms with Gasteiger partial charge in [0.1, 0.15) is 0 Å². The largest absolute Gasteiger partial charge is 0.324 e. The standard InChI is InChI=1S/C16H20N4O/c1-12-3-2-10-20(11-12)16(21)18-14-6-4-13(5-7-14)15-8-9-17-19-15/h4-9,12H,2-3,10-11H2,1H3,(H,17,19)(H,18,21). The number of rotatable bonds is 2. The summed E-state index contributed by atoms with van der Waals surface area (Å²) in [5.74, 6) is 0.590. The molecule has 3 rings (SSSR count). The monoisotopic (exact) mass is 284 g/mol. The van der Waals surface area contributed by atoms with Gasteiger partial charge in [-0.05, 0) is 42.5 Å². The van der Waals surface area contributed by atoms with Crippen molar-refractivity contribution in [3.05, 3.63) is 36.5 Å². The van der Waals surface area contributed by atoms with Crippen molar-refractivity contribution in [3.63, 3.8) is 0 Å². The molecule has 1 unspecified atom stereocenters. The molecule has 110 valence electrons. The summed E-state index contributed by atoms with van der Waals surface area (Å²) in [6.07, 6.45) is 4.03. The predicted octanol–water partition coefficient (Wildman–Crippen LogP) is 3.34. The number of carbonyl (C=O) groups excluding carboxylic acids is 1. The highest BCUT2D eigenvalue weighted by Gasteiger charge is 2.20. The van der Waals surface area contributed by atoms with Gasteiger partial charge in [0.2, 0.25) is 0 Å². The van der Waals surface area contributed by atoms with Gasteiger partial charge in [0.05, 0.1) is 5.69 Å². The third-order valence-electron chi connectivity index (χ3n) is 3.89. The number of aromatic nitrogens is 2. The number of benzene rings is 1. The van der Waals surface area contributed by atoms with Crippen molar-refractivity contribution >= 4 is 11.7 Å².